The molecule has 1 fully saturated rings. The van der Waals surface area contributed by atoms with Crippen molar-refractivity contribution in [2.24, 2.45) is 5.73 Å². The molecule has 2 amide bonds. The highest BCUT2D eigenvalue weighted by atomic mass is 16.2. The molecule has 1 aromatic carbocycles. The van der Waals surface area contributed by atoms with E-state index in [1.807, 2.05) is 43.0 Å². The molecule has 0 saturated heterocycles. The molecule has 2 rings (SSSR count). The topological polar surface area (TPSA) is 58.4 Å². The van der Waals surface area contributed by atoms with Gasteiger partial charge in [0.1, 0.15) is 0 Å². The van der Waals surface area contributed by atoms with Gasteiger partial charge in [0, 0.05) is 24.3 Å². The predicted molar refractivity (Wildman–Crippen MR) is 87.4 cm³/mol. The molecule has 1 aromatic rings. The van der Waals surface area contributed by atoms with E-state index in [4.69, 9.17) is 5.73 Å². The molecule has 3 N–H and O–H groups in total. The van der Waals surface area contributed by atoms with Crippen molar-refractivity contribution in [3.8, 4) is 0 Å². The predicted octanol–water partition coefficient (Wildman–Crippen LogP) is 3.40. The first-order chi connectivity index (χ1) is 10.1. The van der Waals surface area contributed by atoms with Crippen LogP contribution in [-0.2, 0) is 6.54 Å². The lowest BCUT2D eigenvalue weighted by atomic mass is 9.96. The second-order valence-corrected chi connectivity index (χ2v) is 6.12. The Hall–Kier alpha value is -1.55. The first-order valence-corrected chi connectivity index (χ1v) is 8.00. The van der Waals surface area contributed by atoms with Crippen LogP contribution in [0.3, 0.4) is 0 Å². The zero-order chi connectivity index (χ0) is 15.2. The van der Waals surface area contributed by atoms with Gasteiger partial charge in [-0.3, -0.25) is 4.90 Å². The lowest BCUT2D eigenvalue weighted by Gasteiger charge is -2.31. The number of nitrogens with two attached hydrogens (primary N) is 1. The fourth-order valence-corrected chi connectivity index (χ4v) is 2.93. The largest absolute Gasteiger partial charge is 0.335 e. The highest BCUT2D eigenvalue weighted by Gasteiger charge is 2.22. The summed E-state index contributed by atoms with van der Waals surface area (Å²) in [4.78, 5) is 14.4. The maximum atomic E-state index is 12.6. The number of hydrogen-bond acceptors (Lipinski definition) is 2. The molecule has 0 aromatic heterocycles. The van der Waals surface area contributed by atoms with Crippen molar-refractivity contribution >= 4 is 11.7 Å². The van der Waals surface area contributed by atoms with Gasteiger partial charge in [-0.2, -0.15) is 0 Å². The number of carbonyl (C=O) groups excluding carboxylic acids is 1. The first kappa shape index (κ1) is 15.8. The Kier molecular flexibility index (Phi) is 5.62. The van der Waals surface area contributed by atoms with E-state index in [-0.39, 0.29) is 12.1 Å². The first-order valence-electron chi connectivity index (χ1n) is 8.00. The van der Waals surface area contributed by atoms with Crippen molar-refractivity contribution in [2.75, 3.05) is 4.90 Å². The highest BCUT2D eigenvalue weighted by molar-refractivity contribution is 5.92. The minimum Gasteiger partial charge on any atom is -0.335 e. The number of nitrogens with zero attached hydrogens (tertiary/aromatic N) is 1. The van der Waals surface area contributed by atoms with Crippen molar-refractivity contribution in [2.45, 2.75) is 64.6 Å². The van der Waals surface area contributed by atoms with Gasteiger partial charge < -0.3 is 11.1 Å². The number of urea groups is 1. The van der Waals surface area contributed by atoms with E-state index in [0.717, 1.165) is 24.1 Å². The number of anilines is 1. The van der Waals surface area contributed by atoms with Gasteiger partial charge >= 0.3 is 6.03 Å². The average molecular weight is 289 g/mol. The lowest BCUT2D eigenvalue weighted by molar-refractivity contribution is 0.236. The van der Waals surface area contributed by atoms with Crippen LogP contribution < -0.4 is 16.0 Å². The standard InChI is InChI=1S/C17H27N3O/c1-13(2)20(16-10-8-14(12-18)9-11-16)17(21)19-15-6-4-3-5-7-15/h8-11,13,15H,3-7,12,18H2,1-2H3,(H,19,21). The van der Waals surface area contributed by atoms with Crippen LogP contribution >= 0.6 is 0 Å². The van der Waals surface area contributed by atoms with Crippen LogP contribution in [0.25, 0.3) is 0 Å². The summed E-state index contributed by atoms with van der Waals surface area (Å²) < 4.78 is 0. The van der Waals surface area contributed by atoms with Crippen LogP contribution in [0.5, 0.6) is 0 Å². The summed E-state index contributed by atoms with van der Waals surface area (Å²) in [6.07, 6.45) is 5.93. The fraction of sp³-hybridized carbons (Fsp3) is 0.588. The van der Waals surface area contributed by atoms with Crippen LogP contribution in [0.1, 0.15) is 51.5 Å². The van der Waals surface area contributed by atoms with Gasteiger partial charge in [0.25, 0.3) is 0 Å². The van der Waals surface area contributed by atoms with E-state index < -0.39 is 0 Å². The number of nitrogens with one attached hydrogen (secondary N) is 1. The molecule has 1 aliphatic carbocycles. The van der Waals surface area contributed by atoms with Gasteiger partial charge in [-0.05, 0) is 44.4 Å². The molecule has 0 aliphatic heterocycles. The van der Waals surface area contributed by atoms with Crippen LogP contribution in [0.2, 0.25) is 0 Å². The van der Waals surface area contributed by atoms with Crippen molar-refractivity contribution in [3.63, 3.8) is 0 Å². The van der Waals surface area contributed by atoms with Crippen molar-refractivity contribution in [1.82, 2.24) is 5.32 Å². The molecular weight excluding hydrogens is 262 g/mol. The quantitative estimate of drug-likeness (QED) is 0.892. The SMILES string of the molecule is CC(C)N(C(=O)NC1CCCCC1)c1ccc(CN)cc1. The molecular formula is C17H27N3O. The Morgan fingerprint density at radius 1 is 1.24 bits per heavy atom. The van der Waals surface area contributed by atoms with E-state index >= 15 is 0 Å². The molecule has 0 atom stereocenters. The number of rotatable bonds is 4. The van der Waals surface area contributed by atoms with Gasteiger partial charge in [0.2, 0.25) is 0 Å². The van der Waals surface area contributed by atoms with E-state index in [0.29, 0.717) is 12.6 Å². The molecule has 21 heavy (non-hydrogen) atoms. The monoisotopic (exact) mass is 289 g/mol. The van der Waals surface area contributed by atoms with Gasteiger partial charge in [-0.15, -0.1) is 0 Å². The third-order valence-electron chi connectivity index (χ3n) is 4.12. The van der Waals surface area contributed by atoms with E-state index in [9.17, 15) is 4.79 Å². The van der Waals surface area contributed by atoms with E-state index in [1.54, 1.807) is 0 Å². The van der Waals surface area contributed by atoms with Crippen LogP contribution in [0.4, 0.5) is 10.5 Å². The molecule has 4 heteroatoms. The minimum atomic E-state index is 0.0115. The second-order valence-electron chi connectivity index (χ2n) is 6.12. The maximum absolute atomic E-state index is 12.6. The van der Waals surface area contributed by atoms with E-state index in [2.05, 4.69) is 5.32 Å². The summed E-state index contributed by atoms with van der Waals surface area (Å²) >= 11 is 0. The Balaban J connectivity index is 2.07. The van der Waals surface area contributed by atoms with Gasteiger partial charge in [0.15, 0.2) is 0 Å². The highest BCUT2D eigenvalue weighted by Crippen LogP contribution is 2.21. The zero-order valence-corrected chi connectivity index (χ0v) is 13.1. The summed E-state index contributed by atoms with van der Waals surface area (Å²) in [7, 11) is 0. The third-order valence-corrected chi connectivity index (χ3v) is 4.12. The fourth-order valence-electron chi connectivity index (χ4n) is 2.93. The molecule has 0 bridgehead atoms. The Morgan fingerprint density at radius 2 is 1.86 bits per heavy atom. The van der Waals surface area contributed by atoms with Gasteiger partial charge in [-0.25, -0.2) is 4.79 Å². The molecule has 0 radical (unpaired) electrons. The summed E-state index contributed by atoms with van der Waals surface area (Å²) in [5.41, 5.74) is 7.63. The van der Waals surface area contributed by atoms with Crippen LogP contribution in [0, 0.1) is 0 Å². The molecule has 1 aliphatic rings. The Labute approximate surface area is 127 Å². The number of hydrogen-bond donors (Lipinski definition) is 2. The second kappa shape index (κ2) is 7.46. The summed E-state index contributed by atoms with van der Waals surface area (Å²) in [6.45, 7) is 4.60. The van der Waals surface area contributed by atoms with Crippen LogP contribution in [-0.4, -0.2) is 18.1 Å². The number of carbonyl (C=O) groups is 1. The molecule has 0 heterocycles. The minimum absolute atomic E-state index is 0.0115. The van der Waals surface area contributed by atoms with Crippen LogP contribution in [0.15, 0.2) is 24.3 Å². The average Bonchev–Trinajstić information content (AvgIpc) is 2.49. The zero-order valence-electron chi connectivity index (χ0n) is 13.1. The Morgan fingerprint density at radius 3 is 2.38 bits per heavy atom. The maximum Gasteiger partial charge on any atom is 0.322 e. The molecule has 1 saturated carbocycles. The summed E-state index contributed by atoms with van der Waals surface area (Å²) in [5, 5.41) is 3.19. The Bertz CT molecular complexity index is 450. The van der Waals surface area contributed by atoms with Crippen molar-refractivity contribution < 1.29 is 4.79 Å². The van der Waals surface area contributed by atoms with Gasteiger partial charge in [-0.1, -0.05) is 31.4 Å². The summed E-state index contributed by atoms with van der Waals surface area (Å²) in [6, 6.07) is 8.38. The summed E-state index contributed by atoms with van der Waals surface area (Å²) in [5.74, 6) is 0. The molecule has 0 unspecified atom stereocenters. The van der Waals surface area contributed by atoms with Crippen molar-refractivity contribution in [1.29, 1.82) is 0 Å². The lowest BCUT2D eigenvalue weighted by Crippen LogP contribution is -2.48. The smallest absolute Gasteiger partial charge is 0.322 e. The number of benzene rings is 1. The van der Waals surface area contributed by atoms with Crippen molar-refractivity contribution in [3.05, 3.63) is 29.8 Å². The number of amides is 2. The normalized spacial score (nSPS) is 16.0. The molecule has 4 nitrogen and oxygen atoms in total. The third kappa shape index (κ3) is 4.21. The van der Waals surface area contributed by atoms with E-state index in [1.165, 1.54) is 19.3 Å². The molecule has 0 spiro atoms. The van der Waals surface area contributed by atoms with Gasteiger partial charge in [0.05, 0.1) is 0 Å². The molecule has 116 valence electrons.